The fourth-order valence-corrected chi connectivity index (χ4v) is 5.14. The molecule has 1 aromatic rings. The van der Waals surface area contributed by atoms with Gasteiger partial charge in [0.1, 0.15) is 0 Å². The van der Waals surface area contributed by atoms with Gasteiger partial charge >= 0.3 is 0 Å². The maximum atomic E-state index is 10.3. The molecular weight excluding hydrogens is 250 g/mol. The van der Waals surface area contributed by atoms with Crippen molar-refractivity contribution in [1.82, 2.24) is 4.90 Å². The highest BCUT2D eigenvalue weighted by Gasteiger charge is 2.29. The van der Waals surface area contributed by atoms with Crippen LogP contribution in [0.1, 0.15) is 11.7 Å². The van der Waals surface area contributed by atoms with Gasteiger partial charge in [0.05, 0.1) is 10.7 Å². The first kappa shape index (κ1) is 13.3. The summed E-state index contributed by atoms with van der Waals surface area (Å²) in [6.45, 7) is 0. The molecular formula is C13H19NOS2. The van der Waals surface area contributed by atoms with Crippen LogP contribution in [0.5, 0.6) is 0 Å². The summed E-state index contributed by atoms with van der Waals surface area (Å²) in [5.74, 6) is 2.21. The molecule has 1 fully saturated rings. The molecule has 1 aromatic carbocycles. The number of rotatable bonds is 3. The summed E-state index contributed by atoms with van der Waals surface area (Å²) in [6, 6.07) is 10.6. The molecule has 1 unspecified atom stereocenters. The van der Waals surface area contributed by atoms with Gasteiger partial charge in [0.15, 0.2) is 0 Å². The second kappa shape index (κ2) is 6.14. The maximum Gasteiger partial charge on any atom is 0.1000 e. The third-order valence-electron chi connectivity index (χ3n) is 3.03. The molecule has 1 heterocycles. The van der Waals surface area contributed by atoms with E-state index in [0.717, 1.165) is 17.1 Å². The SMILES string of the molecule is CN(C)C1CSC(C(O)c2ccccc2)SC1. The molecule has 1 aliphatic rings. The summed E-state index contributed by atoms with van der Waals surface area (Å²) in [6.07, 6.45) is -0.352. The quantitative estimate of drug-likeness (QED) is 0.910. The average Bonchev–Trinajstić information content (AvgIpc) is 2.39. The predicted octanol–water partition coefficient (Wildman–Crippen LogP) is 2.46. The summed E-state index contributed by atoms with van der Waals surface area (Å²) in [7, 11) is 4.25. The molecule has 2 rings (SSSR count). The van der Waals surface area contributed by atoms with E-state index >= 15 is 0 Å². The van der Waals surface area contributed by atoms with Crippen molar-refractivity contribution < 1.29 is 5.11 Å². The van der Waals surface area contributed by atoms with E-state index in [-0.39, 0.29) is 10.7 Å². The Labute approximate surface area is 112 Å². The normalized spacial score (nSPS) is 27.1. The van der Waals surface area contributed by atoms with Crippen molar-refractivity contribution in [2.24, 2.45) is 0 Å². The van der Waals surface area contributed by atoms with Crippen molar-refractivity contribution in [3.8, 4) is 0 Å². The standard InChI is InChI=1S/C13H19NOS2/c1-14(2)11-8-16-13(17-9-11)12(15)10-6-4-3-5-7-10/h3-7,11-13,15H,8-9H2,1-2H3. The minimum absolute atomic E-state index is 0.272. The first-order valence-electron chi connectivity index (χ1n) is 5.81. The number of nitrogens with zero attached hydrogens (tertiary/aromatic N) is 1. The van der Waals surface area contributed by atoms with E-state index in [4.69, 9.17) is 0 Å². The van der Waals surface area contributed by atoms with Gasteiger partial charge in [-0.1, -0.05) is 30.3 Å². The van der Waals surface area contributed by atoms with Gasteiger partial charge in [-0.2, -0.15) is 0 Å². The minimum Gasteiger partial charge on any atom is -0.386 e. The summed E-state index contributed by atoms with van der Waals surface area (Å²) in [5, 5.41) is 10.3. The van der Waals surface area contributed by atoms with Gasteiger partial charge in [0.25, 0.3) is 0 Å². The molecule has 0 amide bonds. The van der Waals surface area contributed by atoms with Crippen molar-refractivity contribution in [3.63, 3.8) is 0 Å². The molecule has 0 bridgehead atoms. The van der Waals surface area contributed by atoms with Crippen molar-refractivity contribution in [2.75, 3.05) is 25.6 Å². The van der Waals surface area contributed by atoms with Crippen molar-refractivity contribution in [3.05, 3.63) is 35.9 Å². The molecule has 1 N–H and O–H groups in total. The lowest BCUT2D eigenvalue weighted by Gasteiger charge is -2.33. The third kappa shape index (κ3) is 3.41. The van der Waals surface area contributed by atoms with Crippen LogP contribution in [0.15, 0.2) is 30.3 Å². The van der Waals surface area contributed by atoms with Gasteiger partial charge in [-0.05, 0) is 19.7 Å². The highest BCUT2D eigenvalue weighted by molar-refractivity contribution is 8.17. The van der Waals surface area contributed by atoms with Crippen LogP contribution < -0.4 is 0 Å². The molecule has 0 spiro atoms. The Kier molecular flexibility index (Phi) is 4.79. The van der Waals surface area contributed by atoms with E-state index in [1.165, 1.54) is 0 Å². The summed E-state index contributed by atoms with van der Waals surface area (Å²) in [4.78, 5) is 2.27. The summed E-state index contributed by atoms with van der Waals surface area (Å²) in [5.41, 5.74) is 1.03. The first-order valence-corrected chi connectivity index (χ1v) is 7.91. The lowest BCUT2D eigenvalue weighted by molar-refractivity contribution is 0.195. The Balaban J connectivity index is 1.93. The van der Waals surface area contributed by atoms with Crippen LogP contribution in [0.2, 0.25) is 0 Å². The molecule has 4 heteroatoms. The van der Waals surface area contributed by atoms with E-state index < -0.39 is 0 Å². The summed E-state index contributed by atoms with van der Waals surface area (Å²) >= 11 is 3.75. The predicted molar refractivity (Wildman–Crippen MR) is 77.6 cm³/mol. The molecule has 0 aromatic heterocycles. The zero-order valence-electron chi connectivity index (χ0n) is 10.2. The lowest BCUT2D eigenvalue weighted by Crippen LogP contribution is -2.37. The van der Waals surface area contributed by atoms with E-state index in [1.54, 1.807) is 0 Å². The molecule has 0 saturated carbocycles. The van der Waals surface area contributed by atoms with Crippen LogP contribution in [-0.2, 0) is 0 Å². The van der Waals surface area contributed by atoms with Gasteiger partial charge in [0.2, 0.25) is 0 Å². The van der Waals surface area contributed by atoms with Gasteiger partial charge in [-0.3, -0.25) is 0 Å². The minimum atomic E-state index is -0.352. The van der Waals surface area contributed by atoms with Gasteiger partial charge < -0.3 is 10.0 Å². The second-order valence-corrected chi connectivity index (χ2v) is 7.16. The fraction of sp³-hybridized carbons (Fsp3) is 0.538. The van der Waals surface area contributed by atoms with Crippen LogP contribution >= 0.6 is 23.5 Å². The molecule has 1 saturated heterocycles. The van der Waals surface area contributed by atoms with Crippen LogP contribution in [0, 0.1) is 0 Å². The largest absolute Gasteiger partial charge is 0.386 e. The van der Waals surface area contributed by atoms with Crippen molar-refractivity contribution >= 4 is 23.5 Å². The monoisotopic (exact) mass is 269 g/mol. The third-order valence-corrected chi connectivity index (χ3v) is 6.18. The number of aliphatic hydroxyl groups excluding tert-OH is 1. The van der Waals surface area contributed by atoms with Crippen molar-refractivity contribution in [2.45, 2.75) is 16.7 Å². The van der Waals surface area contributed by atoms with E-state index in [1.807, 2.05) is 53.9 Å². The average molecular weight is 269 g/mol. The van der Waals surface area contributed by atoms with Crippen LogP contribution in [0.3, 0.4) is 0 Å². The second-order valence-electron chi connectivity index (χ2n) is 4.51. The van der Waals surface area contributed by atoms with Gasteiger partial charge in [0, 0.05) is 17.5 Å². The Morgan fingerprint density at radius 1 is 1.18 bits per heavy atom. The number of hydrogen-bond acceptors (Lipinski definition) is 4. The fourth-order valence-electron chi connectivity index (χ4n) is 1.80. The molecule has 2 nitrogen and oxygen atoms in total. The number of hydrogen-bond donors (Lipinski definition) is 1. The number of thioether (sulfide) groups is 2. The molecule has 1 aliphatic heterocycles. The number of benzene rings is 1. The molecule has 17 heavy (non-hydrogen) atoms. The molecule has 0 radical (unpaired) electrons. The van der Waals surface area contributed by atoms with Crippen molar-refractivity contribution in [1.29, 1.82) is 0 Å². The zero-order chi connectivity index (χ0) is 12.3. The smallest absolute Gasteiger partial charge is 0.1000 e. The van der Waals surface area contributed by atoms with E-state index in [2.05, 4.69) is 19.0 Å². The van der Waals surface area contributed by atoms with Gasteiger partial charge in [-0.15, -0.1) is 23.5 Å². The lowest BCUT2D eigenvalue weighted by atomic mass is 10.1. The maximum absolute atomic E-state index is 10.3. The highest BCUT2D eigenvalue weighted by atomic mass is 32.2. The summed E-state index contributed by atoms with van der Waals surface area (Å²) < 4.78 is 0.272. The topological polar surface area (TPSA) is 23.5 Å². The van der Waals surface area contributed by atoms with E-state index in [9.17, 15) is 5.11 Å². The Bertz CT molecular complexity index is 337. The zero-order valence-corrected chi connectivity index (χ0v) is 11.9. The number of aliphatic hydroxyl groups is 1. The van der Waals surface area contributed by atoms with Crippen LogP contribution in [0.4, 0.5) is 0 Å². The molecule has 1 atom stereocenters. The molecule has 0 aliphatic carbocycles. The van der Waals surface area contributed by atoms with Crippen LogP contribution in [0.25, 0.3) is 0 Å². The van der Waals surface area contributed by atoms with Crippen LogP contribution in [-0.4, -0.2) is 46.2 Å². The van der Waals surface area contributed by atoms with E-state index in [0.29, 0.717) is 6.04 Å². The Morgan fingerprint density at radius 2 is 1.76 bits per heavy atom. The Morgan fingerprint density at radius 3 is 2.29 bits per heavy atom. The molecule has 94 valence electrons. The Hall–Kier alpha value is -0.160. The first-order chi connectivity index (χ1) is 8.18. The highest BCUT2D eigenvalue weighted by Crippen LogP contribution is 2.39. The van der Waals surface area contributed by atoms with Gasteiger partial charge in [-0.25, -0.2) is 0 Å².